The second-order valence-corrected chi connectivity index (χ2v) is 8.58. The minimum Gasteiger partial charge on any atom is -0.447 e. The van der Waals surface area contributed by atoms with Crippen molar-refractivity contribution in [1.82, 2.24) is 9.62 Å². The van der Waals surface area contributed by atoms with Gasteiger partial charge in [0.05, 0.1) is 10.9 Å². The highest BCUT2D eigenvalue weighted by molar-refractivity contribution is 7.88. The number of halogens is 1. The molecule has 2 rings (SSSR count). The molecule has 1 unspecified atom stereocenters. The molecule has 8 heteroatoms. The molecule has 0 bridgehead atoms. The number of thiophene rings is 1. The van der Waals surface area contributed by atoms with Crippen LogP contribution in [-0.4, -0.2) is 26.8 Å². The van der Waals surface area contributed by atoms with Gasteiger partial charge in [-0.3, -0.25) is 0 Å². The predicted molar refractivity (Wildman–Crippen MR) is 84.2 cm³/mol. The van der Waals surface area contributed by atoms with E-state index in [0.717, 1.165) is 13.5 Å². The third kappa shape index (κ3) is 3.87. The molecule has 0 saturated carbocycles. The van der Waals surface area contributed by atoms with E-state index in [4.69, 9.17) is 16.0 Å². The van der Waals surface area contributed by atoms with Crippen molar-refractivity contribution in [3.63, 3.8) is 0 Å². The van der Waals surface area contributed by atoms with E-state index in [1.807, 2.05) is 19.1 Å². The van der Waals surface area contributed by atoms with Gasteiger partial charge in [0.2, 0.25) is 5.09 Å². The lowest BCUT2D eigenvalue weighted by atomic mass is 10.2. The molecule has 5 nitrogen and oxygen atoms in total. The van der Waals surface area contributed by atoms with E-state index >= 15 is 0 Å². The molecule has 0 saturated heterocycles. The first-order chi connectivity index (χ1) is 9.80. The first-order valence-electron chi connectivity index (χ1n) is 6.30. The van der Waals surface area contributed by atoms with Crippen LogP contribution < -0.4 is 5.32 Å². The Morgan fingerprint density at radius 2 is 2.05 bits per heavy atom. The predicted octanol–water partition coefficient (Wildman–Crippen LogP) is 3.10. The summed E-state index contributed by atoms with van der Waals surface area (Å²) in [5.74, 6) is 0.574. The molecule has 21 heavy (non-hydrogen) atoms. The zero-order valence-electron chi connectivity index (χ0n) is 12.0. The van der Waals surface area contributed by atoms with E-state index in [2.05, 4.69) is 5.32 Å². The van der Waals surface area contributed by atoms with Crippen molar-refractivity contribution in [3.05, 3.63) is 39.2 Å². The van der Waals surface area contributed by atoms with Gasteiger partial charge >= 0.3 is 0 Å². The number of hydrogen-bond acceptors (Lipinski definition) is 5. The fourth-order valence-electron chi connectivity index (χ4n) is 1.69. The van der Waals surface area contributed by atoms with Crippen LogP contribution in [0.1, 0.15) is 23.6 Å². The molecule has 0 amide bonds. The van der Waals surface area contributed by atoms with Crippen molar-refractivity contribution in [2.24, 2.45) is 0 Å². The molecule has 2 heterocycles. The summed E-state index contributed by atoms with van der Waals surface area (Å²) in [7, 11) is -0.579. The van der Waals surface area contributed by atoms with Gasteiger partial charge in [-0.25, -0.2) is 12.7 Å². The molecule has 0 aliphatic rings. The molecule has 0 aromatic carbocycles. The Balaban J connectivity index is 2.00. The van der Waals surface area contributed by atoms with Crippen molar-refractivity contribution < 1.29 is 12.8 Å². The summed E-state index contributed by atoms with van der Waals surface area (Å²) >= 11 is 7.42. The molecule has 0 radical (unpaired) electrons. The van der Waals surface area contributed by atoms with Crippen LogP contribution in [0.5, 0.6) is 0 Å². The lowest BCUT2D eigenvalue weighted by Crippen LogP contribution is -2.21. The SMILES string of the molecule is CC(NCc1ccc(S(=O)(=O)N(C)C)o1)c1ccc(Cl)s1. The molecular weight excluding hydrogens is 332 g/mol. The van der Waals surface area contributed by atoms with Gasteiger partial charge in [0.1, 0.15) is 5.76 Å². The van der Waals surface area contributed by atoms with Crippen LogP contribution in [0.3, 0.4) is 0 Å². The van der Waals surface area contributed by atoms with Crippen LogP contribution in [-0.2, 0) is 16.6 Å². The third-order valence-corrected chi connectivity index (χ3v) is 6.08. The van der Waals surface area contributed by atoms with E-state index in [0.29, 0.717) is 12.3 Å². The van der Waals surface area contributed by atoms with Gasteiger partial charge < -0.3 is 9.73 Å². The Labute approximate surface area is 133 Å². The molecule has 0 fully saturated rings. The van der Waals surface area contributed by atoms with E-state index in [9.17, 15) is 8.42 Å². The van der Waals surface area contributed by atoms with E-state index in [1.165, 1.54) is 31.5 Å². The molecule has 0 spiro atoms. The Bertz CT molecular complexity index is 707. The number of nitrogens with one attached hydrogen (secondary N) is 1. The highest BCUT2D eigenvalue weighted by Gasteiger charge is 2.21. The lowest BCUT2D eigenvalue weighted by Gasteiger charge is -2.11. The Morgan fingerprint density at radius 1 is 1.33 bits per heavy atom. The summed E-state index contributed by atoms with van der Waals surface area (Å²) in [5.41, 5.74) is 0. The van der Waals surface area contributed by atoms with Gasteiger partial charge in [0.25, 0.3) is 10.0 Å². The number of rotatable bonds is 6. The second kappa shape index (κ2) is 6.50. The van der Waals surface area contributed by atoms with E-state index in [1.54, 1.807) is 6.07 Å². The van der Waals surface area contributed by atoms with Gasteiger partial charge in [-0.15, -0.1) is 11.3 Å². The van der Waals surface area contributed by atoms with Crippen LogP contribution in [0.4, 0.5) is 0 Å². The first kappa shape index (κ1) is 16.5. The maximum Gasteiger partial charge on any atom is 0.275 e. The number of sulfonamides is 1. The third-order valence-electron chi connectivity index (χ3n) is 2.98. The Hall–Kier alpha value is -0.860. The van der Waals surface area contributed by atoms with Crippen LogP contribution in [0, 0.1) is 0 Å². The second-order valence-electron chi connectivity index (χ2n) is 4.75. The average molecular weight is 349 g/mol. The van der Waals surface area contributed by atoms with E-state index < -0.39 is 10.0 Å². The summed E-state index contributed by atoms with van der Waals surface area (Å²) in [6.45, 7) is 2.46. The van der Waals surface area contributed by atoms with Gasteiger partial charge in [-0.1, -0.05) is 11.6 Å². The lowest BCUT2D eigenvalue weighted by molar-refractivity contribution is 0.383. The minimum absolute atomic E-state index is 0.0453. The molecule has 1 N–H and O–H groups in total. The quantitative estimate of drug-likeness (QED) is 0.871. The molecule has 116 valence electrons. The van der Waals surface area contributed by atoms with Crippen LogP contribution in [0.15, 0.2) is 33.8 Å². The van der Waals surface area contributed by atoms with Gasteiger partial charge in [0, 0.05) is 25.0 Å². The highest BCUT2D eigenvalue weighted by Crippen LogP contribution is 2.27. The van der Waals surface area contributed by atoms with Gasteiger partial charge in [-0.2, -0.15) is 0 Å². The topological polar surface area (TPSA) is 62.6 Å². The highest BCUT2D eigenvalue weighted by atomic mass is 35.5. The summed E-state index contributed by atoms with van der Waals surface area (Å²) in [4.78, 5) is 1.12. The molecule has 1 atom stereocenters. The molecule has 2 aromatic heterocycles. The fraction of sp³-hybridized carbons (Fsp3) is 0.385. The zero-order valence-corrected chi connectivity index (χ0v) is 14.3. The fourth-order valence-corrected chi connectivity index (χ4v) is 3.59. The molecule has 2 aromatic rings. The van der Waals surface area contributed by atoms with Crippen LogP contribution in [0.2, 0.25) is 4.34 Å². The van der Waals surface area contributed by atoms with Gasteiger partial charge in [-0.05, 0) is 31.2 Å². The maximum atomic E-state index is 11.9. The summed E-state index contributed by atoms with van der Waals surface area (Å²) in [5, 5.41) is 3.23. The summed E-state index contributed by atoms with van der Waals surface area (Å²) < 4.78 is 31.1. The summed E-state index contributed by atoms with van der Waals surface area (Å²) in [6.07, 6.45) is 0. The van der Waals surface area contributed by atoms with Crippen molar-refractivity contribution in [2.75, 3.05) is 14.1 Å². The van der Waals surface area contributed by atoms with Crippen LogP contribution in [0.25, 0.3) is 0 Å². The number of furan rings is 1. The van der Waals surface area contributed by atoms with Gasteiger partial charge in [0.15, 0.2) is 0 Å². The maximum absolute atomic E-state index is 11.9. The van der Waals surface area contributed by atoms with Crippen molar-refractivity contribution in [3.8, 4) is 0 Å². The average Bonchev–Trinajstić information content (AvgIpc) is 3.04. The standard InChI is InChI=1S/C13H17ClN2O3S2/c1-9(11-5-6-12(14)20-11)15-8-10-4-7-13(19-10)21(17,18)16(2)3/h4-7,9,15H,8H2,1-3H3. The molecule has 0 aliphatic heterocycles. The molecule has 0 aliphatic carbocycles. The first-order valence-corrected chi connectivity index (χ1v) is 8.94. The number of nitrogens with zero attached hydrogens (tertiary/aromatic N) is 1. The largest absolute Gasteiger partial charge is 0.447 e. The summed E-state index contributed by atoms with van der Waals surface area (Å²) in [6, 6.07) is 7.07. The smallest absolute Gasteiger partial charge is 0.275 e. The Kier molecular flexibility index (Phi) is 5.11. The van der Waals surface area contributed by atoms with Crippen molar-refractivity contribution in [2.45, 2.75) is 24.6 Å². The van der Waals surface area contributed by atoms with E-state index in [-0.39, 0.29) is 11.1 Å². The monoisotopic (exact) mass is 348 g/mol. The normalized spacial score (nSPS) is 13.8. The minimum atomic E-state index is -3.52. The number of hydrogen-bond donors (Lipinski definition) is 1. The van der Waals surface area contributed by atoms with Crippen molar-refractivity contribution in [1.29, 1.82) is 0 Å². The van der Waals surface area contributed by atoms with Crippen LogP contribution >= 0.6 is 22.9 Å². The zero-order chi connectivity index (χ0) is 15.6. The van der Waals surface area contributed by atoms with Crippen molar-refractivity contribution >= 4 is 33.0 Å². The molecular formula is C13H17ClN2O3S2. The Morgan fingerprint density at radius 3 is 2.62 bits per heavy atom.